The van der Waals surface area contributed by atoms with E-state index < -0.39 is 0 Å². The van der Waals surface area contributed by atoms with E-state index in [4.69, 9.17) is 14.7 Å². The molecule has 0 saturated heterocycles. The average Bonchev–Trinajstić information content (AvgIpc) is 2.79. The average molecular weight is 260 g/mol. The highest BCUT2D eigenvalue weighted by Crippen LogP contribution is 2.34. The minimum absolute atomic E-state index is 0.611. The Morgan fingerprint density at radius 3 is 2.56 bits per heavy atom. The Bertz CT molecular complexity index is 614. The van der Waals surface area contributed by atoms with Crippen molar-refractivity contribution in [2.75, 3.05) is 14.2 Å². The van der Waals surface area contributed by atoms with Crippen molar-refractivity contribution in [1.82, 2.24) is 4.98 Å². The third-order valence-corrected chi connectivity index (χ3v) is 3.37. The maximum absolute atomic E-state index is 9.08. The predicted molar refractivity (Wildman–Crippen MR) is 70.1 cm³/mol. The molecule has 18 heavy (non-hydrogen) atoms. The maximum atomic E-state index is 9.08. The van der Waals surface area contributed by atoms with Crippen molar-refractivity contribution in [3.63, 3.8) is 0 Å². The van der Waals surface area contributed by atoms with Gasteiger partial charge in [-0.25, -0.2) is 4.98 Å². The van der Waals surface area contributed by atoms with Crippen LogP contribution in [0.15, 0.2) is 18.2 Å². The highest BCUT2D eigenvalue weighted by atomic mass is 32.1. The largest absolute Gasteiger partial charge is 0.493 e. The number of hydrogen-bond acceptors (Lipinski definition) is 5. The predicted octanol–water partition coefficient (Wildman–Crippen LogP) is 3.01. The van der Waals surface area contributed by atoms with Gasteiger partial charge >= 0.3 is 0 Å². The summed E-state index contributed by atoms with van der Waals surface area (Å²) in [4.78, 5) is 4.99. The number of hydrogen-bond donors (Lipinski definition) is 0. The summed E-state index contributed by atoms with van der Waals surface area (Å²) >= 11 is 1.39. The van der Waals surface area contributed by atoms with Crippen molar-refractivity contribution in [3.8, 4) is 28.8 Å². The fourth-order valence-corrected chi connectivity index (χ4v) is 2.42. The van der Waals surface area contributed by atoms with E-state index in [1.807, 2.05) is 25.1 Å². The standard InChI is InChI=1S/C13H12N2O2S/c1-8-15-13(12(7-14)18-8)9-4-5-10(16-2)11(6-9)17-3/h4-6H,1-3H3. The van der Waals surface area contributed by atoms with E-state index >= 15 is 0 Å². The Labute approximate surface area is 109 Å². The van der Waals surface area contributed by atoms with Crippen molar-refractivity contribution < 1.29 is 9.47 Å². The zero-order chi connectivity index (χ0) is 13.1. The molecule has 0 aliphatic rings. The second-order valence-corrected chi connectivity index (χ2v) is 4.80. The van der Waals surface area contributed by atoms with Gasteiger partial charge in [0, 0.05) is 5.56 Å². The number of ether oxygens (including phenoxy) is 2. The molecule has 2 rings (SSSR count). The molecule has 0 unspecified atom stereocenters. The van der Waals surface area contributed by atoms with Crippen LogP contribution in [0.5, 0.6) is 11.5 Å². The van der Waals surface area contributed by atoms with Crippen LogP contribution in [0.1, 0.15) is 9.88 Å². The Balaban J connectivity index is 2.54. The monoisotopic (exact) mass is 260 g/mol. The minimum Gasteiger partial charge on any atom is -0.493 e. The molecule has 0 saturated carbocycles. The number of aryl methyl sites for hydroxylation is 1. The van der Waals surface area contributed by atoms with Crippen molar-refractivity contribution in [2.24, 2.45) is 0 Å². The maximum Gasteiger partial charge on any atom is 0.161 e. The van der Waals surface area contributed by atoms with Gasteiger partial charge in [-0.15, -0.1) is 11.3 Å². The van der Waals surface area contributed by atoms with E-state index in [9.17, 15) is 0 Å². The number of benzene rings is 1. The number of nitrogens with zero attached hydrogens (tertiary/aromatic N) is 2. The first-order valence-corrected chi connectivity index (χ1v) is 6.11. The second-order valence-electron chi connectivity index (χ2n) is 3.59. The number of aromatic nitrogens is 1. The molecule has 0 spiro atoms. The van der Waals surface area contributed by atoms with Crippen LogP contribution in [0.3, 0.4) is 0 Å². The lowest BCUT2D eigenvalue weighted by Crippen LogP contribution is -1.91. The number of methoxy groups -OCH3 is 2. The molecule has 2 aromatic rings. The molecule has 0 aliphatic heterocycles. The quantitative estimate of drug-likeness (QED) is 0.851. The topological polar surface area (TPSA) is 55.1 Å². The lowest BCUT2D eigenvalue weighted by Gasteiger charge is -2.08. The molecule has 0 atom stereocenters. The van der Waals surface area contributed by atoms with E-state index in [0.717, 1.165) is 10.6 Å². The molecule has 0 N–H and O–H groups in total. The number of rotatable bonds is 3. The smallest absolute Gasteiger partial charge is 0.161 e. The summed E-state index contributed by atoms with van der Waals surface area (Å²) in [6, 6.07) is 7.67. The third kappa shape index (κ3) is 2.15. The Kier molecular flexibility index (Phi) is 3.49. The van der Waals surface area contributed by atoms with E-state index in [-0.39, 0.29) is 0 Å². The van der Waals surface area contributed by atoms with E-state index in [2.05, 4.69) is 11.1 Å². The third-order valence-electron chi connectivity index (χ3n) is 2.49. The molecule has 5 heteroatoms. The normalized spacial score (nSPS) is 9.89. The molecule has 0 aliphatic carbocycles. The summed E-state index contributed by atoms with van der Waals surface area (Å²) in [6.07, 6.45) is 0. The van der Waals surface area contributed by atoms with E-state index in [1.165, 1.54) is 11.3 Å². The van der Waals surface area contributed by atoms with Crippen molar-refractivity contribution >= 4 is 11.3 Å². The van der Waals surface area contributed by atoms with Crippen molar-refractivity contribution in [1.29, 1.82) is 5.26 Å². The summed E-state index contributed by atoms with van der Waals surface area (Å²) in [5.74, 6) is 1.29. The minimum atomic E-state index is 0.611. The summed E-state index contributed by atoms with van der Waals surface area (Å²) in [5.41, 5.74) is 1.55. The highest BCUT2D eigenvalue weighted by molar-refractivity contribution is 7.12. The summed E-state index contributed by atoms with van der Waals surface area (Å²) in [7, 11) is 3.17. The SMILES string of the molecule is COc1ccc(-c2nc(C)sc2C#N)cc1OC. The van der Waals surface area contributed by atoms with E-state index in [0.29, 0.717) is 22.1 Å². The van der Waals surface area contributed by atoms with Crippen LogP contribution in [0.2, 0.25) is 0 Å². The van der Waals surface area contributed by atoms with Gasteiger partial charge in [0.15, 0.2) is 11.5 Å². The van der Waals surface area contributed by atoms with Gasteiger partial charge in [-0.05, 0) is 25.1 Å². The molecule has 4 nitrogen and oxygen atoms in total. The Morgan fingerprint density at radius 2 is 1.94 bits per heavy atom. The summed E-state index contributed by atoms with van der Waals surface area (Å²) < 4.78 is 10.4. The van der Waals surface area contributed by atoms with Crippen LogP contribution < -0.4 is 9.47 Å². The van der Waals surface area contributed by atoms with Gasteiger partial charge in [-0.1, -0.05) is 0 Å². The van der Waals surface area contributed by atoms with Crippen LogP contribution in [-0.4, -0.2) is 19.2 Å². The van der Waals surface area contributed by atoms with Gasteiger partial charge in [0.25, 0.3) is 0 Å². The van der Waals surface area contributed by atoms with Gasteiger partial charge < -0.3 is 9.47 Å². The van der Waals surface area contributed by atoms with Gasteiger partial charge in [0.05, 0.1) is 24.9 Å². The Hall–Kier alpha value is -2.06. The molecular formula is C13H12N2O2S. The van der Waals surface area contributed by atoms with Gasteiger partial charge in [0.1, 0.15) is 10.9 Å². The molecular weight excluding hydrogens is 248 g/mol. The van der Waals surface area contributed by atoms with Crippen molar-refractivity contribution in [3.05, 3.63) is 28.1 Å². The summed E-state index contributed by atoms with van der Waals surface area (Å²) in [6.45, 7) is 1.88. The van der Waals surface area contributed by atoms with Crippen LogP contribution in [-0.2, 0) is 0 Å². The molecule has 0 bridgehead atoms. The summed E-state index contributed by atoms with van der Waals surface area (Å²) in [5, 5.41) is 9.96. The zero-order valence-corrected chi connectivity index (χ0v) is 11.2. The highest BCUT2D eigenvalue weighted by Gasteiger charge is 2.13. The zero-order valence-electron chi connectivity index (χ0n) is 10.4. The van der Waals surface area contributed by atoms with Gasteiger partial charge in [-0.2, -0.15) is 5.26 Å². The molecule has 92 valence electrons. The molecule has 1 heterocycles. The first-order chi connectivity index (χ1) is 8.69. The first-order valence-electron chi connectivity index (χ1n) is 5.29. The fourth-order valence-electron chi connectivity index (χ4n) is 1.68. The van der Waals surface area contributed by atoms with Crippen LogP contribution in [0.25, 0.3) is 11.3 Å². The molecule has 0 fully saturated rings. The fraction of sp³-hybridized carbons (Fsp3) is 0.231. The van der Waals surface area contributed by atoms with Crippen LogP contribution in [0.4, 0.5) is 0 Å². The molecule has 0 amide bonds. The van der Waals surface area contributed by atoms with Crippen molar-refractivity contribution in [2.45, 2.75) is 6.92 Å². The lowest BCUT2D eigenvalue weighted by atomic mass is 10.1. The van der Waals surface area contributed by atoms with Crippen LogP contribution in [0, 0.1) is 18.3 Å². The van der Waals surface area contributed by atoms with Gasteiger partial charge in [-0.3, -0.25) is 0 Å². The molecule has 1 aromatic heterocycles. The molecule has 0 radical (unpaired) electrons. The number of nitriles is 1. The Morgan fingerprint density at radius 1 is 1.22 bits per heavy atom. The van der Waals surface area contributed by atoms with Crippen LogP contribution >= 0.6 is 11.3 Å². The lowest BCUT2D eigenvalue weighted by molar-refractivity contribution is 0.355. The van der Waals surface area contributed by atoms with Gasteiger partial charge in [0.2, 0.25) is 0 Å². The second kappa shape index (κ2) is 5.07. The van der Waals surface area contributed by atoms with E-state index in [1.54, 1.807) is 14.2 Å². The molecule has 1 aromatic carbocycles. The number of thiazole rings is 1. The first kappa shape index (κ1) is 12.4.